The van der Waals surface area contributed by atoms with Crippen LogP contribution in [0.1, 0.15) is 26.2 Å². The zero-order chi connectivity index (χ0) is 22.1. The maximum atomic E-state index is 12.3. The number of imidazole rings is 1. The summed E-state index contributed by atoms with van der Waals surface area (Å²) in [5, 5.41) is 1.12. The van der Waals surface area contributed by atoms with E-state index in [4.69, 9.17) is 39.5 Å². The molecule has 0 spiro atoms. The molecule has 0 N–H and O–H groups in total. The van der Waals surface area contributed by atoms with Crippen molar-refractivity contribution in [3.8, 4) is 5.75 Å². The third kappa shape index (κ3) is 7.07. The number of amides is 2. The summed E-state index contributed by atoms with van der Waals surface area (Å²) in [5.41, 5.74) is 0. The molecule has 1 fully saturated rings. The second-order valence-corrected chi connectivity index (χ2v) is 7.96. The van der Waals surface area contributed by atoms with Crippen LogP contribution in [0.5, 0.6) is 5.75 Å². The zero-order valence-corrected chi connectivity index (χ0v) is 19.3. The van der Waals surface area contributed by atoms with Crippen LogP contribution in [0, 0.1) is 0 Å². The molecule has 0 radical (unpaired) electrons. The molecule has 0 aliphatic carbocycles. The molecule has 1 saturated heterocycles. The van der Waals surface area contributed by atoms with E-state index in [2.05, 4.69) is 4.98 Å². The van der Waals surface area contributed by atoms with Crippen molar-refractivity contribution in [1.82, 2.24) is 19.4 Å². The van der Waals surface area contributed by atoms with Gasteiger partial charge in [-0.3, -0.25) is 9.36 Å². The van der Waals surface area contributed by atoms with Crippen LogP contribution in [-0.4, -0.2) is 64.6 Å². The van der Waals surface area contributed by atoms with Crippen molar-refractivity contribution in [3.05, 3.63) is 45.9 Å². The number of ether oxygens (including phenoxy) is 1. The van der Waals surface area contributed by atoms with Gasteiger partial charge in [0.15, 0.2) is 5.75 Å². The second kappa shape index (κ2) is 12.0. The van der Waals surface area contributed by atoms with Crippen molar-refractivity contribution in [3.63, 3.8) is 0 Å². The van der Waals surface area contributed by atoms with E-state index in [1.54, 1.807) is 34.3 Å². The first kappa shape index (κ1) is 24.3. The molecule has 0 saturated carbocycles. The van der Waals surface area contributed by atoms with E-state index >= 15 is 0 Å². The number of hydrogen-bond donors (Lipinski definition) is 0. The summed E-state index contributed by atoms with van der Waals surface area (Å²) in [6.07, 6.45) is 7.29. The minimum atomic E-state index is -0.152. The SMILES string of the molecule is CCCN(CCOc1c(Cl)cc(Cl)cc1Cl)C(=O)n1ccnc1.CN1CCCC1=O. The molecule has 0 atom stereocenters. The van der Waals surface area contributed by atoms with Crippen molar-refractivity contribution >= 4 is 46.7 Å². The molecule has 0 unspecified atom stereocenters. The average Bonchev–Trinajstić information content (AvgIpc) is 3.35. The fraction of sp³-hybridized carbons (Fsp3) is 0.450. The van der Waals surface area contributed by atoms with Gasteiger partial charge in [-0.05, 0) is 25.0 Å². The monoisotopic (exact) mass is 474 g/mol. The van der Waals surface area contributed by atoms with Gasteiger partial charge in [-0.2, -0.15) is 0 Å². The highest BCUT2D eigenvalue weighted by Gasteiger charge is 2.16. The first-order valence-corrected chi connectivity index (χ1v) is 10.8. The molecule has 1 aromatic heterocycles. The molecule has 1 aliphatic heterocycles. The van der Waals surface area contributed by atoms with Crippen LogP contribution in [0.15, 0.2) is 30.9 Å². The van der Waals surface area contributed by atoms with Gasteiger partial charge < -0.3 is 14.5 Å². The van der Waals surface area contributed by atoms with Crippen LogP contribution in [0.2, 0.25) is 15.1 Å². The number of carbonyl (C=O) groups excluding carboxylic acids is 2. The highest BCUT2D eigenvalue weighted by Crippen LogP contribution is 2.35. The molecule has 2 heterocycles. The first-order valence-electron chi connectivity index (χ1n) is 9.62. The minimum absolute atomic E-state index is 0.152. The van der Waals surface area contributed by atoms with Crippen molar-refractivity contribution in [2.24, 2.45) is 0 Å². The van der Waals surface area contributed by atoms with Crippen LogP contribution in [-0.2, 0) is 4.79 Å². The summed E-state index contributed by atoms with van der Waals surface area (Å²) >= 11 is 18.0. The lowest BCUT2D eigenvalue weighted by molar-refractivity contribution is -0.126. The van der Waals surface area contributed by atoms with Crippen LogP contribution in [0.3, 0.4) is 0 Å². The molecule has 0 bridgehead atoms. The predicted octanol–water partition coefficient (Wildman–Crippen LogP) is 4.84. The first-order chi connectivity index (χ1) is 14.3. The average molecular weight is 476 g/mol. The molecule has 2 aromatic rings. The number of aromatic nitrogens is 2. The summed E-state index contributed by atoms with van der Waals surface area (Å²) in [4.78, 5) is 30.2. The Morgan fingerprint density at radius 2 is 1.93 bits per heavy atom. The van der Waals surface area contributed by atoms with E-state index in [-0.39, 0.29) is 12.6 Å². The lowest BCUT2D eigenvalue weighted by Gasteiger charge is -2.22. The highest BCUT2D eigenvalue weighted by molar-refractivity contribution is 6.40. The van der Waals surface area contributed by atoms with E-state index in [9.17, 15) is 9.59 Å². The van der Waals surface area contributed by atoms with E-state index < -0.39 is 0 Å². The standard InChI is InChI=1S/C15H16Cl3N3O2.C5H9NO/c1-2-4-20(15(22)21-5-3-19-10-21)6-7-23-14-12(17)8-11(16)9-13(14)18;1-6-4-2-3-5(6)7/h3,5,8-10H,2,4,6-7H2,1H3;2-4H2,1H3. The van der Waals surface area contributed by atoms with Crippen LogP contribution in [0.4, 0.5) is 4.79 Å². The van der Waals surface area contributed by atoms with Crippen molar-refractivity contribution in [2.45, 2.75) is 26.2 Å². The number of likely N-dealkylation sites (tertiary alicyclic amines) is 1. The maximum Gasteiger partial charge on any atom is 0.329 e. The molecule has 30 heavy (non-hydrogen) atoms. The van der Waals surface area contributed by atoms with Gasteiger partial charge in [0.25, 0.3) is 0 Å². The molecule has 1 aliphatic rings. The molecular formula is C20H25Cl3N4O3. The Bertz CT molecular complexity index is 823. The molecule has 2 amide bonds. The fourth-order valence-corrected chi connectivity index (χ4v) is 3.74. The number of nitrogens with zero attached hydrogens (tertiary/aromatic N) is 4. The Morgan fingerprint density at radius 1 is 1.23 bits per heavy atom. The third-order valence-corrected chi connectivity index (χ3v) is 5.15. The van der Waals surface area contributed by atoms with Gasteiger partial charge in [-0.25, -0.2) is 9.78 Å². The number of hydrogen-bond acceptors (Lipinski definition) is 4. The molecule has 164 valence electrons. The normalized spacial score (nSPS) is 13.1. The Hall–Kier alpha value is -1.96. The van der Waals surface area contributed by atoms with Gasteiger partial charge in [0.05, 0.1) is 16.6 Å². The Morgan fingerprint density at radius 3 is 2.40 bits per heavy atom. The lowest BCUT2D eigenvalue weighted by Crippen LogP contribution is -2.37. The van der Waals surface area contributed by atoms with Gasteiger partial charge in [-0.1, -0.05) is 41.7 Å². The van der Waals surface area contributed by atoms with Crippen LogP contribution in [0.25, 0.3) is 0 Å². The van der Waals surface area contributed by atoms with E-state index in [1.807, 2.05) is 14.0 Å². The molecule has 1 aromatic carbocycles. The third-order valence-electron chi connectivity index (χ3n) is 4.37. The second-order valence-electron chi connectivity index (χ2n) is 6.71. The number of rotatable bonds is 6. The minimum Gasteiger partial charge on any atom is -0.489 e. The fourth-order valence-electron chi connectivity index (χ4n) is 2.82. The Labute approximate surface area is 191 Å². The van der Waals surface area contributed by atoms with Crippen molar-refractivity contribution in [1.29, 1.82) is 0 Å². The highest BCUT2D eigenvalue weighted by atomic mass is 35.5. The predicted molar refractivity (Wildman–Crippen MR) is 119 cm³/mol. The van der Waals surface area contributed by atoms with Crippen LogP contribution < -0.4 is 4.74 Å². The number of carbonyl (C=O) groups is 2. The Balaban J connectivity index is 0.000000386. The molecule has 7 nitrogen and oxygen atoms in total. The van der Waals surface area contributed by atoms with E-state index in [1.165, 1.54) is 10.9 Å². The lowest BCUT2D eigenvalue weighted by atomic mass is 10.3. The Kier molecular flexibility index (Phi) is 9.75. The quantitative estimate of drug-likeness (QED) is 0.599. The largest absolute Gasteiger partial charge is 0.489 e. The van der Waals surface area contributed by atoms with Gasteiger partial charge in [0, 0.05) is 44.0 Å². The maximum absolute atomic E-state index is 12.3. The van der Waals surface area contributed by atoms with Gasteiger partial charge in [-0.15, -0.1) is 0 Å². The topological polar surface area (TPSA) is 67.7 Å². The van der Waals surface area contributed by atoms with Gasteiger partial charge in [0.2, 0.25) is 5.91 Å². The molecule has 3 rings (SSSR count). The van der Waals surface area contributed by atoms with Crippen LogP contribution >= 0.6 is 34.8 Å². The zero-order valence-electron chi connectivity index (χ0n) is 17.0. The van der Waals surface area contributed by atoms with Gasteiger partial charge >= 0.3 is 6.03 Å². The van der Waals surface area contributed by atoms with Gasteiger partial charge in [0.1, 0.15) is 12.9 Å². The summed E-state index contributed by atoms with van der Waals surface area (Å²) < 4.78 is 7.05. The summed E-state index contributed by atoms with van der Waals surface area (Å²) in [5.74, 6) is 0.657. The summed E-state index contributed by atoms with van der Waals surface area (Å²) in [6.45, 7) is 4.24. The summed E-state index contributed by atoms with van der Waals surface area (Å²) in [6, 6.07) is 2.97. The van der Waals surface area contributed by atoms with E-state index in [0.717, 1.165) is 25.8 Å². The number of halogens is 3. The van der Waals surface area contributed by atoms with Crippen molar-refractivity contribution in [2.75, 3.05) is 33.3 Å². The molecule has 10 heteroatoms. The molecular weight excluding hydrogens is 451 g/mol. The van der Waals surface area contributed by atoms with Crippen molar-refractivity contribution < 1.29 is 14.3 Å². The van der Waals surface area contributed by atoms with E-state index in [0.29, 0.717) is 39.8 Å². The smallest absolute Gasteiger partial charge is 0.329 e. The number of benzene rings is 1. The summed E-state index contributed by atoms with van der Waals surface area (Å²) in [7, 11) is 1.84.